The predicted molar refractivity (Wildman–Crippen MR) is 68.8 cm³/mol. The molecule has 0 saturated heterocycles. The fourth-order valence-electron chi connectivity index (χ4n) is 1.55. The summed E-state index contributed by atoms with van der Waals surface area (Å²) in [4.78, 5) is 12.0. The van der Waals surface area contributed by atoms with E-state index in [1.54, 1.807) is 12.1 Å². The number of nitrogens with two attached hydrogens (primary N) is 1. The molecule has 0 heterocycles. The van der Waals surface area contributed by atoms with Gasteiger partial charge in [0.1, 0.15) is 0 Å². The van der Waals surface area contributed by atoms with Gasteiger partial charge in [-0.25, -0.2) is 0 Å². The molecule has 17 heavy (non-hydrogen) atoms. The number of aliphatic hydroxyl groups is 1. The summed E-state index contributed by atoms with van der Waals surface area (Å²) in [5.74, 6) is -0.0612. The highest BCUT2D eigenvalue weighted by Crippen LogP contribution is 2.16. The first-order chi connectivity index (χ1) is 7.97. The molecule has 4 nitrogen and oxygen atoms in total. The van der Waals surface area contributed by atoms with Crippen molar-refractivity contribution in [3.63, 3.8) is 0 Å². The molecule has 0 saturated carbocycles. The van der Waals surface area contributed by atoms with Crippen LogP contribution in [0, 0.1) is 12.8 Å². The Bertz CT molecular complexity index is 402. The summed E-state index contributed by atoms with van der Waals surface area (Å²) in [6.07, 6.45) is 0. The van der Waals surface area contributed by atoms with E-state index in [0.717, 1.165) is 5.56 Å². The molecule has 0 aliphatic carbocycles. The van der Waals surface area contributed by atoms with Gasteiger partial charge in [0.2, 0.25) is 0 Å². The zero-order chi connectivity index (χ0) is 13.0. The molecule has 1 rings (SSSR count). The summed E-state index contributed by atoms with van der Waals surface area (Å²) in [7, 11) is 0. The zero-order valence-corrected chi connectivity index (χ0v) is 10.5. The quantitative estimate of drug-likeness (QED) is 0.690. The number of nitrogen functional groups attached to an aromatic ring is 1. The molecule has 4 heteroatoms. The number of nitrogens with one attached hydrogen (secondary N) is 1. The van der Waals surface area contributed by atoms with Gasteiger partial charge in [0.05, 0.1) is 18.2 Å². The summed E-state index contributed by atoms with van der Waals surface area (Å²) in [5, 5.41) is 12.0. The lowest BCUT2D eigenvalue weighted by molar-refractivity contribution is 0.0897. The molecule has 1 atom stereocenters. The van der Waals surface area contributed by atoms with Gasteiger partial charge in [-0.15, -0.1) is 0 Å². The first-order valence-electron chi connectivity index (χ1n) is 5.74. The molecule has 0 aliphatic rings. The summed E-state index contributed by atoms with van der Waals surface area (Å²) < 4.78 is 0. The Morgan fingerprint density at radius 2 is 2.12 bits per heavy atom. The van der Waals surface area contributed by atoms with Crippen molar-refractivity contribution >= 4 is 11.6 Å². The number of aryl methyl sites for hydroxylation is 1. The van der Waals surface area contributed by atoms with Gasteiger partial charge in [-0.2, -0.15) is 0 Å². The molecule has 0 fully saturated rings. The minimum Gasteiger partial charge on any atom is -0.398 e. The van der Waals surface area contributed by atoms with E-state index in [2.05, 4.69) is 5.32 Å². The largest absolute Gasteiger partial charge is 0.398 e. The van der Waals surface area contributed by atoms with Crippen LogP contribution in [0.1, 0.15) is 29.8 Å². The van der Waals surface area contributed by atoms with Gasteiger partial charge in [0.15, 0.2) is 0 Å². The molecule has 1 aromatic carbocycles. The third-order valence-electron chi connectivity index (χ3n) is 2.89. The number of amides is 1. The molecule has 4 N–H and O–H groups in total. The Balaban J connectivity index is 2.86. The molecule has 0 aliphatic heterocycles. The number of para-hydroxylation sites is 1. The molecule has 0 bridgehead atoms. The minimum atomic E-state index is -0.248. The third-order valence-corrected chi connectivity index (χ3v) is 2.89. The van der Waals surface area contributed by atoms with E-state index in [-0.39, 0.29) is 24.5 Å². The number of aliphatic hydroxyl groups excluding tert-OH is 1. The normalized spacial score (nSPS) is 12.5. The highest BCUT2D eigenvalue weighted by atomic mass is 16.3. The highest BCUT2D eigenvalue weighted by Gasteiger charge is 2.17. The van der Waals surface area contributed by atoms with E-state index >= 15 is 0 Å². The van der Waals surface area contributed by atoms with E-state index in [9.17, 15) is 9.90 Å². The van der Waals surface area contributed by atoms with Crippen molar-refractivity contribution in [1.82, 2.24) is 5.32 Å². The van der Waals surface area contributed by atoms with Crippen molar-refractivity contribution in [3.05, 3.63) is 29.3 Å². The Morgan fingerprint density at radius 3 is 2.65 bits per heavy atom. The van der Waals surface area contributed by atoms with Gasteiger partial charge in [0.25, 0.3) is 5.91 Å². The standard InChI is InChI=1S/C13H20N2O2/c1-8(2)11(7-16)15-13(17)10-6-4-5-9(3)12(10)14/h4-6,8,11,16H,7,14H2,1-3H3,(H,15,17). The number of anilines is 1. The first kappa shape index (κ1) is 13.5. The van der Waals surface area contributed by atoms with Crippen LogP contribution in [0.25, 0.3) is 0 Å². The van der Waals surface area contributed by atoms with Crippen LogP contribution in [-0.4, -0.2) is 23.7 Å². The number of benzene rings is 1. The van der Waals surface area contributed by atoms with Crippen LogP contribution in [0.15, 0.2) is 18.2 Å². The average Bonchev–Trinajstić information content (AvgIpc) is 2.28. The molecule has 1 amide bonds. The second-order valence-corrected chi connectivity index (χ2v) is 4.54. The van der Waals surface area contributed by atoms with E-state index in [4.69, 9.17) is 5.73 Å². The Kier molecular flexibility index (Phi) is 4.52. The van der Waals surface area contributed by atoms with Crippen molar-refractivity contribution in [1.29, 1.82) is 0 Å². The van der Waals surface area contributed by atoms with Gasteiger partial charge in [-0.3, -0.25) is 4.79 Å². The Morgan fingerprint density at radius 1 is 1.47 bits per heavy atom. The van der Waals surface area contributed by atoms with Gasteiger partial charge < -0.3 is 16.2 Å². The average molecular weight is 236 g/mol. The SMILES string of the molecule is Cc1cccc(C(=O)NC(CO)C(C)C)c1N. The Hall–Kier alpha value is -1.55. The van der Waals surface area contributed by atoms with E-state index in [1.807, 2.05) is 26.8 Å². The highest BCUT2D eigenvalue weighted by molar-refractivity contribution is 5.99. The number of hydrogen-bond donors (Lipinski definition) is 3. The van der Waals surface area contributed by atoms with E-state index in [0.29, 0.717) is 11.3 Å². The molecule has 94 valence electrons. The fraction of sp³-hybridized carbons (Fsp3) is 0.462. The third kappa shape index (κ3) is 3.20. The van der Waals surface area contributed by atoms with Crippen LogP contribution in [0.2, 0.25) is 0 Å². The van der Waals surface area contributed by atoms with Crippen LogP contribution in [0.5, 0.6) is 0 Å². The monoisotopic (exact) mass is 236 g/mol. The molecule has 0 aromatic heterocycles. The molecular formula is C13H20N2O2. The van der Waals surface area contributed by atoms with Gasteiger partial charge >= 0.3 is 0 Å². The summed E-state index contributed by atoms with van der Waals surface area (Å²) in [5.41, 5.74) is 7.68. The summed E-state index contributed by atoms with van der Waals surface area (Å²) in [6.45, 7) is 5.68. The second-order valence-electron chi connectivity index (χ2n) is 4.54. The Labute approximate surface area is 102 Å². The first-order valence-corrected chi connectivity index (χ1v) is 5.74. The molecule has 1 unspecified atom stereocenters. The van der Waals surface area contributed by atoms with Crippen LogP contribution < -0.4 is 11.1 Å². The lowest BCUT2D eigenvalue weighted by Gasteiger charge is -2.20. The lowest BCUT2D eigenvalue weighted by atomic mass is 10.0. The maximum atomic E-state index is 12.0. The second kappa shape index (κ2) is 5.68. The minimum absolute atomic E-state index is 0.0743. The van der Waals surface area contributed by atoms with Gasteiger partial charge in [-0.1, -0.05) is 26.0 Å². The van der Waals surface area contributed by atoms with Gasteiger partial charge in [-0.05, 0) is 24.5 Å². The van der Waals surface area contributed by atoms with Crippen molar-refractivity contribution in [2.24, 2.45) is 5.92 Å². The zero-order valence-electron chi connectivity index (χ0n) is 10.5. The predicted octanol–water partition coefficient (Wildman–Crippen LogP) is 1.32. The number of carbonyl (C=O) groups is 1. The summed E-state index contributed by atoms with van der Waals surface area (Å²) >= 11 is 0. The molecular weight excluding hydrogens is 216 g/mol. The maximum absolute atomic E-state index is 12.0. The fourth-order valence-corrected chi connectivity index (χ4v) is 1.55. The molecule has 1 aromatic rings. The molecule has 0 spiro atoms. The van der Waals surface area contributed by atoms with Crippen molar-refractivity contribution < 1.29 is 9.90 Å². The number of hydrogen-bond acceptors (Lipinski definition) is 3. The van der Waals surface area contributed by atoms with Crippen LogP contribution >= 0.6 is 0 Å². The molecule has 0 radical (unpaired) electrons. The topological polar surface area (TPSA) is 75.3 Å². The maximum Gasteiger partial charge on any atom is 0.253 e. The van der Waals surface area contributed by atoms with Crippen molar-refractivity contribution in [3.8, 4) is 0 Å². The van der Waals surface area contributed by atoms with Crippen LogP contribution in [0.3, 0.4) is 0 Å². The van der Waals surface area contributed by atoms with E-state index < -0.39 is 0 Å². The van der Waals surface area contributed by atoms with Crippen LogP contribution in [0.4, 0.5) is 5.69 Å². The number of carbonyl (C=O) groups excluding carboxylic acids is 1. The van der Waals surface area contributed by atoms with Crippen molar-refractivity contribution in [2.45, 2.75) is 26.8 Å². The van der Waals surface area contributed by atoms with E-state index in [1.165, 1.54) is 0 Å². The van der Waals surface area contributed by atoms with Gasteiger partial charge in [0, 0.05) is 5.69 Å². The smallest absolute Gasteiger partial charge is 0.253 e. The summed E-state index contributed by atoms with van der Waals surface area (Å²) in [6, 6.07) is 5.09. The van der Waals surface area contributed by atoms with Crippen LogP contribution in [-0.2, 0) is 0 Å². The lowest BCUT2D eigenvalue weighted by Crippen LogP contribution is -2.41. The number of rotatable bonds is 4. The van der Waals surface area contributed by atoms with Crippen molar-refractivity contribution in [2.75, 3.05) is 12.3 Å².